The molecule has 0 bridgehead atoms. The van der Waals surface area contributed by atoms with Gasteiger partial charge in [0.2, 0.25) is 11.8 Å². The van der Waals surface area contributed by atoms with Crippen molar-refractivity contribution < 1.29 is 4.42 Å². The largest absolute Gasteiger partial charge is 0.424 e. The number of aromatic nitrogens is 4. The third-order valence-corrected chi connectivity index (χ3v) is 5.10. The third-order valence-electron chi connectivity index (χ3n) is 5.10. The van der Waals surface area contributed by atoms with Crippen LogP contribution in [0.4, 0.5) is 0 Å². The molecule has 0 aliphatic carbocycles. The highest BCUT2D eigenvalue weighted by Crippen LogP contribution is 2.28. The van der Waals surface area contributed by atoms with Gasteiger partial charge in [-0.2, -0.15) is 5.10 Å². The monoisotopic (exact) mass is 351 g/mol. The SMILES string of the molecule is CCn1cc(C2CCN(Cc3nnc(Cc4ccccc4)o3)CC2)cn1. The number of hydrogen-bond donors (Lipinski definition) is 0. The molecule has 3 aromatic rings. The molecule has 0 spiro atoms. The molecule has 136 valence electrons. The Bertz CT molecular complexity index is 818. The Morgan fingerprint density at radius 2 is 1.85 bits per heavy atom. The van der Waals surface area contributed by atoms with Crippen LogP contribution in [0.2, 0.25) is 0 Å². The summed E-state index contributed by atoms with van der Waals surface area (Å²) < 4.78 is 7.85. The van der Waals surface area contributed by atoms with Gasteiger partial charge < -0.3 is 4.42 Å². The second-order valence-corrected chi connectivity index (χ2v) is 6.93. The van der Waals surface area contributed by atoms with E-state index in [4.69, 9.17) is 4.42 Å². The summed E-state index contributed by atoms with van der Waals surface area (Å²) in [6.45, 7) is 5.90. The lowest BCUT2D eigenvalue weighted by Gasteiger charge is -2.30. The predicted molar refractivity (Wildman–Crippen MR) is 98.7 cm³/mol. The molecule has 0 amide bonds. The molecular formula is C20H25N5O. The van der Waals surface area contributed by atoms with Gasteiger partial charge in [0, 0.05) is 12.7 Å². The zero-order valence-corrected chi connectivity index (χ0v) is 15.2. The van der Waals surface area contributed by atoms with Gasteiger partial charge in [0.15, 0.2) is 0 Å². The Morgan fingerprint density at radius 1 is 1.08 bits per heavy atom. The summed E-state index contributed by atoms with van der Waals surface area (Å²) in [6, 6.07) is 10.2. The molecule has 1 aliphatic rings. The maximum absolute atomic E-state index is 5.84. The highest BCUT2D eigenvalue weighted by Gasteiger charge is 2.23. The first-order valence-electron chi connectivity index (χ1n) is 9.40. The molecule has 26 heavy (non-hydrogen) atoms. The van der Waals surface area contributed by atoms with Crippen LogP contribution in [0.25, 0.3) is 0 Å². The number of benzene rings is 1. The number of rotatable bonds is 6. The minimum absolute atomic E-state index is 0.614. The summed E-state index contributed by atoms with van der Waals surface area (Å²) in [6.07, 6.45) is 7.21. The summed E-state index contributed by atoms with van der Waals surface area (Å²) in [4.78, 5) is 2.40. The van der Waals surface area contributed by atoms with Crippen LogP contribution in [-0.4, -0.2) is 38.0 Å². The van der Waals surface area contributed by atoms with Crippen molar-refractivity contribution in [1.82, 2.24) is 24.9 Å². The van der Waals surface area contributed by atoms with Crippen LogP contribution in [0.5, 0.6) is 0 Å². The number of aryl methyl sites for hydroxylation is 1. The average molecular weight is 351 g/mol. The molecule has 6 heteroatoms. The molecule has 1 fully saturated rings. The van der Waals surface area contributed by atoms with Crippen molar-refractivity contribution in [3.05, 3.63) is 65.6 Å². The van der Waals surface area contributed by atoms with Gasteiger partial charge in [-0.25, -0.2) is 0 Å². The molecule has 0 atom stereocenters. The lowest BCUT2D eigenvalue weighted by molar-refractivity contribution is 0.186. The predicted octanol–water partition coefficient (Wildman–Crippen LogP) is 3.26. The first-order valence-corrected chi connectivity index (χ1v) is 9.40. The van der Waals surface area contributed by atoms with Crippen molar-refractivity contribution in [1.29, 1.82) is 0 Å². The Morgan fingerprint density at radius 3 is 2.58 bits per heavy atom. The van der Waals surface area contributed by atoms with Crippen LogP contribution in [0.1, 0.15) is 48.6 Å². The number of nitrogens with zero attached hydrogens (tertiary/aromatic N) is 5. The second kappa shape index (κ2) is 7.83. The van der Waals surface area contributed by atoms with Crippen LogP contribution in [0, 0.1) is 0 Å². The fraction of sp³-hybridized carbons (Fsp3) is 0.450. The van der Waals surface area contributed by atoms with E-state index < -0.39 is 0 Å². The van der Waals surface area contributed by atoms with E-state index in [-0.39, 0.29) is 0 Å². The van der Waals surface area contributed by atoms with E-state index in [9.17, 15) is 0 Å². The Labute approximate surface area is 153 Å². The highest BCUT2D eigenvalue weighted by molar-refractivity contribution is 5.17. The van der Waals surface area contributed by atoms with Gasteiger partial charge in [0.1, 0.15) is 0 Å². The number of piperidine rings is 1. The third kappa shape index (κ3) is 4.02. The van der Waals surface area contributed by atoms with Gasteiger partial charge in [0.05, 0.1) is 19.2 Å². The van der Waals surface area contributed by atoms with E-state index in [0.29, 0.717) is 24.1 Å². The van der Waals surface area contributed by atoms with E-state index in [1.807, 2.05) is 29.1 Å². The van der Waals surface area contributed by atoms with Crippen molar-refractivity contribution in [3.8, 4) is 0 Å². The molecular weight excluding hydrogens is 326 g/mol. The van der Waals surface area contributed by atoms with Crippen molar-refractivity contribution in [2.45, 2.75) is 45.2 Å². The molecule has 0 saturated carbocycles. The molecule has 3 heterocycles. The Balaban J connectivity index is 1.29. The van der Waals surface area contributed by atoms with Crippen molar-refractivity contribution in [3.63, 3.8) is 0 Å². The van der Waals surface area contributed by atoms with Gasteiger partial charge in [-0.05, 0) is 49.9 Å². The topological polar surface area (TPSA) is 60.0 Å². The van der Waals surface area contributed by atoms with Gasteiger partial charge in [-0.15, -0.1) is 10.2 Å². The van der Waals surface area contributed by atoms with Crippen molar-refractivity contribution in [2.75, 3.05) is 13.1 Å². The second-order valence-electron chi connectivity index (χ2n) is 6.93. The quantitative estimate of drug-likeness (QED) is 0.682. The van der Waals surface area contributed by atoms with E-state index in [1.54, 1.807) is 0 Å². The standard InChI is InChI=1S/C20H25N5O/c1-2-25-14-18(13-21-25)17-8-10-24(11-9-17)15-20-23-22-19(26-20)12-16-6-4-3-5-7-16/h3-7,13-14,17H,2,8-12,15H2,1H3. The van der Waals surface area contributed by atoms with Crippen LogP contribution < -0.4 is 0 Å². The smallest absolute Gasteiger partial charge is 0.230 e. The molecule has 1 aliphatic heterocycles. The lowest BCUT2D eigenvalue weighted by atomic mass is 9.91. The summed E-state index contributed by atoms with van der Waals surface area (Å²) in [5.74, 6) is 2.02. The lowest BCUT2D eigenvalue weighted by Crippen LogP contribution is -2.32. The minimum Gasteiger partial charge on any atom is -0.424 e. The molecule has 6 nitrogen and oxygen atoms in total. The van der Waals surface area contributed by atoms with Gasteiger partial charge in [0.25, 0.3) is 0 Å². The Hall–Kier alpha value is -2.47. The first kappa shape index (κ1) is 17.0. The maximum Gasteiger partial charge on any atom is 0.230 e. The fourth-order valence-electron chi connectivity index (χ4n) is 3.57. The zero-order chi connectivity index (χ0) is 17.8. The molecule has 1 aromatic carbocycles. The van der Waals surface area contributed by atoms with Crippen LogP contribution in [-0.2, 0) is 19.5 Å². The van der Waals surface area contributed by atoms with E-state index in [2.05, 4.69) is 45.4 Å². The molecule has 4 rings (SSSR count). The normalized spacial score (nSPS) is 16.2. The van der Waals surface area contributed by atoms with Crippen molar-refractivity contribution >= 4 is 0 Å². The molecule has 1 saturated heterocycles. The highest BCUT2D eigenvalue weighted by atomic mass is 16.4. The summed E-state index contributed by atoms with van der Waals surface area (Å²) in [7, 11) is 0. The van der Waals surface area contributed by atoms with Crippen LogP contribution >= 0.6 is 0 Å². The molecule has 0 unspecified atom stereocenters. The summed E-state index contributed by atoms with van der Waals surface area (Å²) in [5, 5.41) is 12.8. The van der Waals surface area contributed by atoms with Gasteiger partial charge >= 0.3 is 0 Å². The van der Waals surface area contributed by atoms with Crippen LogP contribution in [0.3, 0.4) is 0 Å². The summed E-state index contributed by atoms with van der Waals surface area (Å²) in [5.41, 5.74) is 2.56. The van der Waals surface area contributed by atoms with Gasteiger partial charge in [-0.1, -0.05) is 30.3 Å². The summed E-state index contributed by atoms with van der Waals surface area (Å²) >= 11 is 0. The van der Waals surface area contributed by atoms with Crippen LogP contribution in [0.15, 0.2) is 47.1 Å². The molecule has 2 aromatic heterocycles. The van der Waals surface area contributed by atoms with Crippen molar-refractivity contribution in [2.24, 2.45) is 0 Å². The minimum atomic E-state index is 0.614. The molecule has 0 radical (unpaired) electrons. The first-order chi connectivity index (χ1) is 12.8. The van der Waals surface area contributed by atoms with E-state index in [1.165, 1.54) is 11.1 Å². The van der Waals surface area contributed by atoms with E-state index >= 15 is 0 Å². The Kier molecular flexibility index (Phi) is 5.11. The van der Waals surface area contributed by atoms with E-state index in [0.717, 1.165) is 39.0 Å². The average Bonchev–Trinajstić information content (AvgIpc) is 3.33. The van der Waals surface area contributed by atoms with Gasteiger partial charge in [-0.3, -0.25) is 9.58 Å². The molecule has 0 N–H and O–H groups in total. The zero-order valence-electron chi connectivity index (χ0n) is 15.2. The number of hydrogen-bond acceptors (Lipinski definition) is 5. The fourth-order valence-corrected chi connectivity index (χ4v) is 3.57. The maximum atomic E-state index is 5.84. The number of likely N-dealkylation sites (tertiary alicyclic amines) is 1.